The molecule has 0 amide bonds. The maximum absolute atomic E-state index is 14.4. The number of ether oxygens (including phenoxy) is 2. The predicted molar refractivity (Wildman–Crippen MR) is 137 cm³/mol. The fourth-order valence-electron chi connectivity index (χ4n) is 4.82. The van der Waals surface area contributed by atoms with Gasteiger partial charge in [0.25, 0.3) is 0 Å². The second kappa shape index (κ2) is 10.6. The van der Waals surface area contributed by atoms with Crippen molar-refractivity contribution in [2.45, 2.75) is 38.0 Å². The molecular weight excluding hydrogens is 493 g/mol. The molecule has 1 aromatic carbocycles. The summed E-state index contributed by atoms with van der Waals surface area (Å²) in [5.41, 5.74) is 9.95. The number of benzene rings is 1. The summed E-state index contributed by atoms with van der Waals surface area (Å²) in [6, 6.07) is 9.08. The second-order valence-electron chi connectivity index (χ2n) is 9.07. The van der Waals surface area contributed by atoms with Gasteiger partial charge < -0.3 is 30.7 Å². The molecule has 0 bridgehead atoms. The maximum Gasteiger partial charge on any atom is 0.323 e. The number of oxime groups is 1. The zero-order valence-corrected chi connectivity index (χ0v) is 21.2. The molecule has 4 heterocycles. The van der Waals surface area contributed by atoms with Gasteiger partial charge in [-0.3, -0.25) is 4.79 Å². The standard InChI is InChI=1S/C26H28FN7O4/c1-13-23-20(33-26(28)30-13)11-19(32-24(23)34-38-15-10-21(29-12-15)25(35)37-3)16-8-7-14(27)9-17(16)18-5-4-6-22(31-18)36-2/h4-9,15,19,21,29H,10-12H2,1-3H3,(H,32,34)(H2,28,30,33)/t15-,19?,21+/m1/s1. The van der Waals surface area contributed by atoms with Crippen molar-refractivity contribution in [2.24, 2.45) is 5.16 Å². The first kappa shape index (κ1) is 25.3. The van der Waals surface area contributed by atoms with Gasteiger partial charge in [-0.05, 0) is 30.7 Å². The van der Waals surface area contributed by atoms with Gasteiger partial charge in [-0.2, -0.15) is 0 Å². The number of fused-ring (bicyclic) bond motifs is 1. The van der Waals surface area contributed by atoms with Crippen molar-refractivity contribution >= 4 is 17.8 Å². The van der Waals surface area contributed by atoms with Gasteiger partial charge in [0.2, 0.25) is 11.8 Å². The lowest BCUT2D eigenvalue weighted by molar-refractivity contribution is -0.142. The fraction of sp³-hybridized carbons (Fsp3) is 0.346. The average molecular weight is 522 g/mol. The molecule has 2 aromatic heterocycles. The van der Waals surface area contributed by atoms with Crippen LogP contribution in [-0.2, 0) is 20.8 Å². The molecule has 0 saturated carbocycles. The van der Waals surface area contributed by atoms with E-state index < -0.39 is 11.9 Å². The Hall–Kier alpha value is -4.32. The number of nitrogens with one attached hydrogen (secondary N) is 2. The number of carbonyl (C=O) groups excluding carboxylic acids is 1. The lowest BCUT2D eigenvalue weighted by atomic mass is 9.90. The highest BCUT2D eigenvalue weighted by molar-refractivity contribution is 6.01. The predicted octanol–water partition coefficient (Wildman–Crippen LogP) is 2.05. The van der Waals surface area contributed by atoms with Crippen molar-refractivity contribution in [3.8, 4) is 17.1 Å². The Bertz CT molecular complexity index is 1400. The first-order valence-electron chi connectivity index (χ1n) is 12.1. The fourth-order valence-corrected chi connectivity index (χ4v) is 4.82. The third kappa shape index (κ3) is 5.07. The summed E-state index contributed by atoms with van der Waals surface area (Å²) in [5, 5.41) is 10.9. The zero-order chi connectivity index (χ0) is 26.8. The molecule has 0 radical (unpaired) electrons. The van der Waals surface area contributed by atoms with E-state index in [4.69, 9.17) is 20.0 Å². The number of aryl methyl sites for hydroxylation is 1. The van der Waals surface area contributed by atoms with E-state index in [0.29, 0.717) is 59.3 Å². The van der Waals surface area contributed by atoms with Crippen LogP contribution in [0.2, 0.25) is 0 Å². The first-order valence-corrected chi connectivity index (χ1v) is 12.1. The number of hydrogen-bond acceptors (Lipinski definition) is 10. The lowest BCUT2D eigenvalue weighted by Crippen LogP contribution is -2.38. The highest BCUT2D eigenvalue weighted by atomic mass is 19.1. The SMILES string of the molecule is COC(=O)[C@@H]1C[C@@H](ON=C2NC(c3ccc(F)cc3-c3cccc(OC)n3)Cc3nc(N)nc(C)c32)CN1. The molecule has 3 atom stereocenters. The van der Waals surface area contributed by atoms with Crippen LogP contribution in [0.1, 0.15) is 35.0 Å². The van der Waals surface area contributed by atoms with Gasteiger partial charge in [-0.15, -0.1) is 0 Å². The molecule has 1 saturated heterocycles. The molecule has 0 aliphatic carbocycles. The van der Waals surface area contributed by atoms with E-state index in [1.165, 1.54) is 26.4 Å². The lowest BCUT2D eigenvalue weighted by Gasteiger charge is -2.29. The number of rotatable bonds is 6. The van der Waals surface area contributed by atoms with Gasteiger partial charge in [0.05, 0.1) is 42.9 Å². The highest BCUT2D eigenvalue weighted by Crippen LogP contribution is 2.34. The Morgan fingerprint density at radius 1 is 1.18 bits per heavy atom. The molecule has 2 aliphatic rings. The van der Waals surface area contributed by atoms with Crippen LogP contribution in [0.15, 0.2) is 41.6 Å². The van der Waals surface area contributed by atoms with Crippen molar-refractivity contribution in [3.05, 3.63) is 64.7 Å². The first-order chi connectivity index (χ1) is 18.4. The molecule has 12 heteroatoms. The molecule has 0 spiro atoms. The Kier molecular flexibility index (Phi) is 7.05. The molecule has 198 valence electrons. The molecule has 2 aliphatic heterocycles. The van der Waals surface area contributed by atoms with Gasteiger partial charge in [0.1, 0.15) is 18.0 Å². The third-order valence-electron chi connectivity index (χ3n) is 6.60. The van der Waals surface area contributed by atoms with Gasteiger partial charge in [0.15, 0.2) is 5.84 Å². The van der Waals surface area contributed by atoms with Crippen molar-refractivity contribution in [1.82, 2.24) is 25.6 Å². The van der Waals surface area contributed by atoms with E-state index in [2.05, 4.69) is 30.7 Å². The van der Waals surface area contributed by atoms with Gasteiger partial charge in [0, 0.05) is 31.0 Å². The summed E-state index contributed by atoms with van der Waals surface area (Å²) in [5.74, 6) is 0.251. The van der Waals surface area contributed by atoms with E-state index in [9.17, 15) is 9.18 Å². The monoisotopic (exact) mass is 521 g/mol. The van der Waals surface area contributed by atoms with E-state index in [1.807, 2.05) is 6.92 Å². The van der Waals surface area contributed by atoms with Gasteiger partial charge in [-0.1, -0.05) is 17.3 Å². The summed E-state index contributed by atoms with van der Waals surface area (Å²) in [6.07, 6.45) is 0.523. The summed E-state index contributed by atoms with van der Waals surface area (Å²) in [6.45, 7) is 2.26. The van der Waals surface area contributed by atoms with Crippen LogP contribution in [0.3, 0.4) is 0 Å². The van der Waals surface area contributed by atoms with Crippen molar-refractivity contribution in [2.75, 3.05) is 26.5 Å². The minimum absolute atomic E-state index is 0.150. The van der Waals surface area contributed by atoms with Crippen LogP contribution in [0.25, 0.3) is 11.3 Å². The zero-order valence-electron chi connectivity index (χ0n) is 21.2. The van der Waals surface area contributed by atoms with Gasteiger partial charge in [-0.25, -0.2) is 19.3 Å². The van der Waals surface area contributed by atoms with Crippen molar-refractivity contribution < 1.29 is 23.5 Å². The van der Waals surface area contributed by atoms with E-state index in [1.54, 1.807) is 24.3 Å². The molecule has 5 rings (SSSR count). The van der Waals surface area contributed by atoms with Crippen LogP contribution in [0, 0.1) is 12.7 Å². The Labute approximate surface area is 218 Å². The van der Waals surface area contributed by atoms with E-state index in [-0.39, 0.29) is 24.1 Å². The van der Waals surface area contributed by atoms with Crippen molar-refractivity contribution in [1.29, 1.82) is 0 Å². The van der Waals surface area contributed by atoms with Crippen LogP contribution >= 0.6 is 0 Å². The third-order valence-corrected chi connectivity index (χ3v) is 6.60. The Morgan fingerprint density at radius 2 is 2.03 bits per heavy atom. The van der Waals surface area contributed by atoms with Crippen LogP contribution < -0.4 is 21.1 Å². The van der Waals surface area contributed by atoms with Crippen LogP contribution in [0.5, 0.6) is 5.88 Å². The number of halogens is 1. The quantitative estimate of drug-likeness (QED) is 0.325. The smallest absolute Gasteiger partial charge is 0.323 e. The number of hydrogen-bond donors (Lipinski definition) is 3. The summed E-state index contributed by atoms with van der Waals surface area (Å²) in [7, 11) is 2.88. The molecule has 38 heavy (non-hydrogen) atoms. The number of pyridine rings is 1. The number of esters is 1. The molecule has 3 aromatic rings. The van der Waals surface area contributed by atoms with Crippen LogP contribution in [0.4, 0.5) is 10.3 Å². The Morgan fingerprint density at radius 3 is 2.82 bits per heavy atom. The van der Waals surface area contributed by atoms with E-state index in [0.717, 1.165) is 5.56 Å². The molecular formula is C26H28FN7O4. The second-order valence-corrected chi connectivity index (χ2v) is 9.07. The average Bonchev–Trinajstić information content (AvgIpc) is 3.40. The number of aromatic nitrogens is 3. The summed E-state index contributed by atoms with van der Waals surface area (Å²) >= 11 is 0. The number of nitrogens with two attached hydrogens (primary N) is 1. The number of methoxy groups -OCH3 is 2. The highest BCUT2D eigenvalue weighted by Gasteiger charge is 2.33. The number of carbonyl (C=O) groups is 1. The normalized spacial score (nSPS) is 21.5. The summed E-state index contributed by atoms with van der Waals surface area (Å²) in [4.78, 5) is 31.0. The van der Waals surface area contributed by atoms with Crippen molar-refractivity contribution in [3.63, 3.8) is 0 Å². The molecule has 1 unspecified atom stereocenters. The largest absolute Gasteiger partial charge is 0.481 e. The number of nitrogen functional groups attached to an aromatic ring is 1. The molecule has 11 nitrogen and oxygen atoms in total. The Balaban J connectivity index is 1.51. The number of anilines is 1. The number of nitrogens with zero attached hydrogens (tertiary/aromatic N) is 4. The topological polar surface area (TPSA) is 146 Å². The number of amidine groups is 1. The van der Waals surface area contributed by atoms with Gasteiger partial charge >= 0.3 is 5.97 Å². The molecule has 4 N–H and O–H groups in total. The maximum atomic E-state index is 14.4. The minimum Gasteiger partial charge on any atom is -0.481 e. The molecule has 1 fully saturated rings. The van der Waals surface area contributed by atoms with Crippen LogP contribution in [-0.4, -0.2) is 59.7 Å². The minimum atomic E-state index is -0.452. The van der Waals surface area contributed by atoms with E-state index >= 15 is 0 Å². The summed E-state index contributed by atoms with van der Waals surface area (Å²) < 4.78 is 24.5.